The summed E-state index contributed by atoms with van der Waals surface area (Å²) >= 11 is 18.2. The lowest BCUT2D eigenvalue weighted by molar-refractivity contribution is 0.510. The fourth-order valence-corrected chi connectivity index (χ4v) is 5.74. The van der Waals surface area contributed by atoms with Gasteiger partial charge in [0.15, 0.2) is 15.7 Å². The highest BCUT2D eigenvalue weighted by atomic mass is 35.5. The lowest BCUT2D eigenvalue weighted by atomic mass is 9.99. The molecule has 9 heteroatoms. The molecular formula is C19H14Cl3N3O2S. The van der Waals surface area contributed by atoms with Gasteiger partial charge in [0, 0.05) is 16.8 Å². The van der Waals surface area contributed by atoms with Gasteiger partial charge in [0.05, 0.1) is 21.1 Å². The molecule has 28 heavy (non-hydrogen) atoms. The third kappa shape index (κ3) is 3.24. The first kappa shape index (κ1) is 19.5. The van der Waals surface area contributed by atoms with Crippen LogP contribution in [-0.2, 0) is 9.84 Å². The molecule has 5 nitrogen and oxygen atoms in total. The van der Waals surface area contributed by atoms with E-state index in [1.54, 1.807) is 54.2 Å². The quantitative estimate of drug-likeness (QED) is 0.533. The van der Waals surface area contributed by atoms with Crippen molar-refractivity contribution in [2.24, 2.45) is 4.99 Å². The van der Waals surface area contributed by atoms with E-state index in [4.69, 9.17) is 34.8 Å². The van der Waals surface area contributed by atoms with E-state index in [2.05, 4.69) is 10.1 Å². The molecule has 1 aliphatic heterocycles. The van der Waals surface area contributed by atoms with Crippen LogP contribution in [0.5, 0.6) is 0 Å². The maximum Gasteiger partial charge on any atom is 0.189 e. The number of hydrogen-bond acceptors (Lipinski definition) is 4. The second-order valence-corrected chi connectivity index (χ2v) is 9.75. The number of benzene rings is 2. The molecule has 2 aromatic carbocycles. The fourth-order valence-electron chi connectivity index (χ4n) is 3.39. The number of hydrogen-bond donors (Lipinski definition) is 0. The van der Waals surface area contributed by atoms with Crippen LogP contribution in [0.25, 0.3) is 0 Å². The van der Waals surface area contributed by atoms with E-state index in [1.165, 1.54) is 12.1 Å². The first-order valence-electron chi connectivity index (χ1n) is 8.32. The van der Waals surface area contributed by atoms with E-state index in [0.717, 1.165) is 0 Å². The van der Waals surface area contributed by atoms with Crippen LogP contribution in [0.1, 0.15) is 18.5 Å². The van der Waals surface area contributed by atoms with Crippen molar-refractivity contribution in [3.8, 4) is 0 Å². The summed E-state index contributed by atoms with van der Waals surface area (Å²) in [6, 6.07) is 12.3. The van der Waals surface area contributed by atoms with Crippen LogP contribution in [0.4, 0.5) is 5.82 Å². The Labute approximate surface area is 177 Å². The van der Waals surface area contributed by atoms with Crippen molar-refractivity contribution < 1.29 is 8.42 Å². The first-order valence-corrected chi connectivity index (χ1v) is 11.0. The summed E-state index contributed by atoms with van der Waals surface area (Å²) in [6.07, 6.45) is 1.59. The van der Waals surface area contributed by atoms with Crippen molar-refractivity contribution in [1.82, 2.24) is 9.78 Å². The van der Waals surface area contributed by atoms with Gasteiger partial charge in [-0.25, -0.2) is 18.1 Å². The minimum Gasteiger partial charge on any atom is -0.238 e. The molecule has 0 fully saturated rings. The molecule has 2 heterocycles. The van der Waals surface area contributed by atoms with Gasteiger partial charge in [0.2, 0.25) is 0 Å². The van der Waals surface area contributed by atoms with Crippen LogP contribution >= 0.6 is 34.8 Å². The Morgan fingerprint density at radius 3 is 2.36 bits per heavy atom. The zero-order valence-electron chi connectivity index (χ0n) is 14.6. The van der Waals surface area contributed by atoms with E-state index < -0.39 is 21.1 Å². The molecule has 2 unspecified atom stereocenters. The first-order chi connectivity index (χ1) is 13.3. The number of nitrogens with zero attached hydrogens (tertiary/aromatic N) is 3. The molecule has 0 spiro atoms. The Hall–Kier alpha value is -1.86. The fraction of sp³-hybridized carbons (Fsp3) is 0.158. The Morgan fingerprint density at radius 2 is 1.68 bits per heavy atom. The number of aromatic nitrogens is 2. The van der Waals surface area contributed by atoms with Crippen LogP contribution in [0, 0.1) is 0 Å². The van der Waals surface area contributed by atoms with Crippen LogP contribution in [-0.4, -0.2) is 29.2 Å². The van der Waals surface area contributed by atoms with Crippen molar-refractivity contribution >= 4 is 56.2 Å². The highest BCUT2D eigenvalue weighted by Crippen LogP contribution is 2.39. The highest BCUT2D eigenvalue weighted by molar-refractivity contribution is 7.92. The molecule has 3 aromatic rings. The van der Waals surface area contributed by atoms with Crippen molar-refractivity contribution in [3.05, 3.63) is 75.4 Å². The smallest absolute Gasteiger partial charge is 0.189 e. The summed E-state index contributed by atoms with van der Waals surface area (Å²) in [4.78, 5) is 4.63. The van der Waals surface area contributed by atoms with Gasteiger partial charge in [0.25, 0.3) is 0 Å². The summed E-state index contributed by atoms with van der Waals surface area (Å²) < 4.78 is 28.7. The summed E-state index contributed by atoms with van der Waals surface area (Å²) in [7, 11) is -3.80. The Kier molecular flexibility index (Phi) is 5.00. The van der Waals surface area contributed by atoms with Gasteiger partial charge in [-0.3, -0.25) is 0 Å². The minimum atomic E-state index is -3.80. The van der Waals surface area contributed by atoms with Gasteiger partial charge in [-0.1, -0.05) is 40.9 Å². The zero-order valence-corrected chi connectivity index (χ0v) is 17.6. The molecule has 0 N–H and O–H groups in total. The maximum absolute atomic E-state index is 13.6. The van der Waals surface area contributed by atoms with Crippen LogP contribution in [0.15, 0.2) is 64.6 Å². The van der Waals surface area contributed by atoms with Gasteiger partial charge in [-0.05, 0) is 48.9 Å². The molecule has 0 saturated heterocycles. The highest BCUT2D eigenvalue weighted by Gasteiger charge is 2.42. The number of sulfone groups is 1. The Morgan fingerprint density at radius 1 is 0.964 bits per heavy atom. The summed E-state index contributed by atoms with van der Waals surface area (Å²) in [5.74, 6) is 0.580. The van der Waals surface area contributed by atoms with E-state index in [9.17, 15) is 8.42 Å². The lowest BCUT2D eigenvalue weighted by Gasteiger charge is -2.32. The number of aliphatic imine (C=N–C) groups is 1. The minimum absolute atomic E-state index is 0.164. The summed E-state index contributed by atoms with van der Waals surface area (Å²) in [6.45, 7) is 1.71. The average Bonchev–Trinajstić information content (AvgIpc) is 3.11. The molecule has 4 rings (SSSR count). The molecule has 2 atom stereocenters. The molecular weight excluding hydrogens is 441 g/mol. The predicted molar refractivity (Wildman–Crippen MR) is 112 cm³/mol. The molecule has 1 aliphatic rings. The Bertz CT molecular complexity index is 1190. The van der Waals surface area contributed by atoms with Gasteiger partial charge >= 0.3 is 0 Å². The van der Waals surface area contributed by atoms with Crippen LogP contribution in [0.3, 0.4) is 0 Å². The molecule has 0 radical (unpaired) electrons. The molecule has 0 bridgehead atoms. The second kappa shape index (κ2) is 7.19. The third-order valence-electron chi connectivity index (χ3n) is 4.66. The second-order valence-electron chi connectivity index (χ2n) is 6.43. The van der Waals surface area contributed by atoms with Gasteiger partial charge in [0.1, 0.15) is 11.3 Å². The van der Waals surface area contributed by atoms with Crippen molar-refractivity contribution in [2.75, 3.05) is 0 Å². The molecule has 144 valence electrons. The van der Waals surface area contributed by atoms with Crippen molar-refractivity contribution in [1.29, 1.82) is 0 Å². The maximum atomic E-state index is 13.6. The molecule has 1 aromatic heterocycles. The van der Waals surface area contributed by atoms with Crippen molar-refractivity contribution in [2.45, 2.75) is 23.1 Å². The number of halogens is 3. The van der Waals surface area contributed by atoms with E-state index in [-0.39, 0.29) is 4.90 Å². The number of rotatable bonds is 3. The van der Waals surface area contributed by atoms with Gasteiger partial charge < -0.3 is 0 Å². The molecule has 0 saturated carbocycles. The topological polar surface area (TPSA) is 64.3 Å². The standard InChI is InChI=1S/C19H14Cl3N3O2S/c1-11-19(28(26,27)14-5-3-13(20)4-6-14)18(25-17(24-11)8-9-23-25)12-2-7-15(21)16(22)10-12/h2-10,18-19H,1H3. The lowest BCUT2D eigenvalue weighted by Crippen LogP contribution is -2.41. The van der Waals surface area contributed by atoms with E-state index in [1.807, 2.05) is 0 Å². The van der Waals surface area contributed by atoms with E-state index >= 15 is 0 Å². The normalized spacial score (nSPS) is 19.2. The van der Waals surface area contributed by atoms with E-state index in [0.29, 0.717) is 32.2 Å². The predicted octanol–water partition coefficient (Wildman–Crippen LogP) is 5.38. The van der Waals surface area contributed by atoms with Gasteiger partial charge in [-0.2, -0.15) is 5.10 Å². The van der Waals surface area contributed by atoms with Crippen molar-refractivity contribution in [3.63, 3.8) is 0 Å². The average molecular weight is 455 g/mol. The largest absolute Gasteiger partial charge is 0.238 e. The molecule has 0 aliphatic carbocycles. The summed E-state index contributed by atoms with van der Waals surface area (Å²) in [5.41, 5.74) is 1.15. The SMILES string of the molecule is CC1=Nc2ccnn2C(c2ccc(Cl)c(Cl)c2)C1S(=O)(=O)c1ccc(Cl)cc1. The summed E-state index contributed by atoms with van der Waals surface area (Å²) in [5, 5.41) is 4.56. The number of fused-ring (bicyclic) bond motifs is 1. The monoisotopic (exact) mass is 453 g/mol. The van der Waals surface area contributed by atoms with Gasteiger partial charge in [-0.15, -0.1) is 0 Å². The van der Waals surface area contributed by atoms with Crippen LogP contribution in [0.2, 0.25) is 15.1 Å². The molecule has 0 amide bonds. The Balaban J connectivity index is 1.92. The van der Waals surface area contributed by atoms with Crippen LogP contribution < -0.4 is 0 Å². The third-order valence-corrected chi connectivity index (χ3v) is 7.85. The zero-order chi connectivity index (χ0) is 20.1.